The van der Waals surface area contributed by atoms with Crippen molar-refractivity contribution in [2.75, 3.05) is 19.4 Å². The van der Waals surface area contributed by atoms with Crippen LogP contribution in [-0.2, 0) is 29.9 Å². The number of carbonyl (C=O) groups is 5. The van der Waals surface area contributed by atoms with Crippen molar-refractivity contribution in [2.45, 2.75) is 25.4 Å². The van der Waals surface area contributed by atoms with Gasteiger partial charge in [0.1, 0.15) is 12.6 Å². The van der Waals surface area contributed by atoms with Gasteiger partial charge in [0.2, 0.25) is 5.91 Å². The number of benzene rings is 1. The SMILES string of the molecule is COC(=O)CCS(=O)C=C(C)C1C(N2C(=O)c3ccccc3C2=O)C(=O)N1CC(=O)O. The predicted molar refractivity (Wildman–Crippen MR) is 107 cm³/mol. The van der Waals surface area contributed by atoms with E-state index in [2.05, 4.69) is 4.74 Å². The Labute approximate surface area is 179 Å². The molecule has 3 amide bonds. The van der Waals surface area contributed by atoms with E-state index in [9.17, 15) is 28.2 Å². The number of amides is 3. The molecule has 3 unspecified atom stereocenters. The molecule has 0 radical (unpaired) electrons. The molecule has 11 heteroatoms. The van der Waals surface area contributed by atoms with Gasteiger partial charge in [-0.15, -0.1) is 0 Å². The van der Waals surface area contributed by atoms with Crippen molar-refractivity contribution in [3.63, 3.8) is 0 Å². The summed E-state index contributed by atoms with van der Waals surface area (Å²) in [6.45, 7) is 0.899. The van der Waals surface area contributed by atoms with Gasteiger partial charge in [0.15, 0.2) is 0 Å². The number of rotatable bonds is 8. The van der Waals surface area contributed by atoms with Crippen molar-refractivity contribution in [3.8, 4) is 0 Å². The first-order valence-corrected chi connectivity index (χ1v) is 10.7. The molecule has 0 aromatic heterocycles. The molecule has 1 aromatic carbocycles. The van der Waals surface area contributed by atoms with E-state index in [0.29, 0.717) is 5.57 Å². The van der Waals surface area contributed by atoms with Crippen LogP contribution in [0.3, 0.4) is 0 Å². The van der Waals surface area contributed by atoms with Gasteiger partial charge in [-0.25, -0.2) is 0 Å². The average molecular weight is 448 g/mol. The highest BCUT2D eigenvalue weighted by Crippen LogP contribution is 2.35. The van der Waals surface area contributed by atoms with Crippen molar-refractivity contribution in [3.05, 3.63) is 46.4 Å². The van der Waals surface area contributed by atoms with Gasteiger partial charge in [-0.05, 0) is 24.6 Å². The molecule has 1 fully saturated rings. The quantitative estimate of drug-likeness (QED) is 0.337. The summed E-state index contributed by atoms with van der Waals surface area (Å²) >= 11 is 0. The second kappa shape index (κ2) is 8.80. The van der Waals surface area contributed by atoms with E-state index in [0.717, 1.165) is 9.80 Å². The summed E-state index contributed by atoms with van der Waals surface area (Å²) in [5, 5.41) is 10.5. The average Bonchev–Trinajstić information content (AvgIpc) is 2.98. The number of aliphatic carboxylic acids is 1. The van der Waals surface area contributed by atoms with Crippen LogP contribution in [0.5, 0.6) is 0 Å². The third-order valence-corrected chi connectivity index (χ3v) is 6.34. The van der Waals surface area contributed by atoms with Crippen LogP contribution in [0.2, 0.25) is 0 Å². The Bertz CT molecular complexity index is 999. The van der Waals surface area contributed by atoms with E-state index in [1.807, 2.05) is 0 Å². The summed E-state index contributed by atoms with van der Waals surface area (Å²) in [4.78, 5) is 62.7. The number of ether oxygens (including phenoxy) is 1. The Morgan fingerprint density at radius 1 is 1.16 bits per heavy atom. The maximum atomic E-state index is 12.8. The van der Waals surface area contributed by atoms with E-state index in [1.54, 1.807) is 12.1 Å². The fraction of sp³-hybridized carbons (Fsp3) is 0.350. The molecule has 2 aliphatic rings. The number of β-lactam (4-membered cyclic amide) rings is 1. The molecule has 2 aliphatic heterocycles. The first-order chi connectivity index (χ1) is 14.7. The number of hydrogen-bond acceptors (Lipinski definition) is 7. The number of carboxylic acid groups (broad SMARTS) is 1. The third-order valence-electron chi connectivity index (χ3n) is 5.10. The maximum Gasteiger partial charge on any atom is 0.323 e. The van der Waals surface area contributed by atoms with Gasteiger partial charge >= 0.3 is 11.9 Å². The summed E-state index contributed by atoms with van der Waals surface area (Å²) in [6.07, 6.45) is -0.0861. The predicted octanol–water partition coefficient (Wildman–Crippen LogP) is 0.162. The van der Waals surface area contributed by atoms with E-state index < -0.39 is 59.1 Å². The molecule has 0 aliphatic carbocycles. The number of likely N-dealkylation sites (tertiary alicyclic amines) is 1. The minimum Gasteiger partial charge on any atom is -0.480 e. The Hall–Kier alpha value is -3.34. The molecule has 1 aromatic rings. The second-order valence-corrected chi connectivity index (χ2v) is 8.45. The molecule has 1 N–H and O–H groups in total. The Morgan fingerprint density at radius 2 is 1.74 bits per heavy atom. The topological polar surface area (TPSA) is 138 Å². The van der Waals surface area contributed by atoms with Crippen LogP contribution >= 0.6 is 0 Å². The summed E-state index contributed by atoms with van der Waals surface area (Å²) in [7, 11) is -0.399. The molecule has 10 nitrogen and oxygen atoms in total. The molecule has 31 heavy (non-hydrogen) atoms. The number of fused-ring (bicyclic) bond motifs is 1. The summed E-state index contributed by atoms with van der Waals surface area (Å²) in [5.41, 5.74) is 0.684. The van der Waals surface area contributed by atoms with Gasteiger partial charge in [0, 0.05) is 22.0 Å². The van der Waals surface area contributed by atoms with E-state index in [-0.39, 0.29) is 23.3 Å². The number of carbonyl (C=O) groups excluding carboxylic acids is 4. The van der Waals surface area contributed by atoms with Crippen LogP contribution < -0.4 is 0 Å². The maximum absolute atomic E-state index is 12.8. The molecular weight excluding hydrogens is 428 g/mol. The number of nitrogens with zero attached hydrogens (tertiary/aromatic N) is 2. The van der Waals surface area contributed by atoms with Crippen molar-refractivity contribution < 1.29 is 38.0 Å². The molecule has 1 saturated heterocycles. The lowest BCUT2D eigenvalue weighted by Crippen LogP contribution is -2.72. The number of methoxy groups -OCH3 is 1. The second-order valence-electron chi connectivity index (χ2n) is 7.05. The first kappa shape index (κ1) is 22.3. The van der Waals surface area contributed by atoms with Crippen molar-refractivity contribution in [1.29, 1.82) is 0 Å². The Kier molecular flexibility index (Phi) is 6.34. The zero-order valence-corrected chi connectivity index (χ0v) is 17.6. The van der Waals surface area contributed by atoms with Crippen LogP contribution in [0.1, 0.15) is 34.1 Å². The van der Waals surface area contributed by atoms with Crippen molar-refractivity contribution >= 4 is 40.5 Å². The van der Waals surface area contributed by atoms with Crippen LogP contribution in [-0.4, -0.2) is 80.3 Å². The van der Waals surface area contributed by atoms with E-state index >= 15 is 0 Å². The van der Waals surface area contributed by atoms with Gasteiger partial charge < -0.3 is 14.7 Å². The van der Waals surface area contributed by atoms with Crippen LogP contribution in [0.15, 0.2) is 35.2 Å². The fourth-order valence-corrected chi connectivity index (χ4v) is 4.72. The van der Waals surface area contributed by atoms with Gasteiger partial charge in [-0.2, -0.15) is 0 Å². The zero-order valence-electron chi connectivity index (χ0n) is 16.8. The Balaban J connectivity index is 1.88. The highest BCUT2D eigenvalue weighted by molar-refractivity contribution is 7.88. The normalized spacial score (nSPS) is 21.6. The first-order valence-electron chi connectivity index (χ1n) is 9.28. The monoisotopic (exact) mass is 448 g/mol. The highest BCUT2D eigenvalue weighted by atomic mass is 32.2. The van der Waals surface area contributed by atoms with Crippen LogP contribution in [0, 0.1) is 0 Å². The molecule has 3 rings (SSSR count). The number of hydrogen-bond donors (Lipinski definition) is 1. The standard InChI is InChI=1S/C20H20N2O8S/c1-11(10-31(29)8-7-15(25)30-2)16-17(20(28)21(16)9-14(23)24)22-18(26)12-5-3-4-6-13(12)19(22)27/h3-6,10,16-17H,7-9H2,1-2H3,(H,23,24). The Morgan fingerprint density at radius 3 is 2.26 bits per heavy atom. The van der Waals surface area contributed by atoms with E-state index in [4.69, 9.17) is 5.11 Å². The lowest BCUT2D eigenvalue weighted by atomic mass is 9.88. The minimum atomic E-state index is -1.61. The molecule has 0 bridgehead atoms. The van der Waals surface area contributed by atoms with E-state index in [1.165, 1.54) is 31.6 Å². The van der Waals surface area contributed by atoms with Gasteiger partial charge in [0.05, 0.1) is 30.7 Å². The van der Waals surface area contributed by atoms with Gasteiger partial charge in [-0.3, -0.25) is 33.1 Å². The van der Waals surface area contributed by atoms with Crippen molar-refractivity contribution in [2.24, 2.45) is 0 Å². The number of esters is 1. The molecule has 0 spiro atoms. The lowest BCUT2D eigenvalue weighted by molar-refractivity contribution is -0.159. The molecule has 2 heterocycles. The minimum absolute atomic E-state index is 0.0265. The smallest absolute Gasteiger partial charge is 0.323 e. The molecular formula is C20H20N2O8S. The highest BCUT2D eigenvalue weighted by Gasteiger charge is 2.57. The fourth-order valence-electron chi connectivity index (χ4n) is 3.68. The van der Waals surface area contributed by atoms with Crippen LogP contribution in [0.4, 0.5) is 0 Å². The zero-order chi connectivity index (χ0) is 22.9. The van der Waals surface area contributed by atoms with Crippen molar-refractivity contribution in [1.82, 2.24) is 9.80 Å². The summed E-state index contributed by atoms with van der Waals surface area (Å²) < 4.78 is 16.8. The van der Waals surface area contributed by atoms with Gasteiger partial charge in [0.25, 0.3) is 11.8 Å². The van der Waals surface area contributed by atoms with Gasteiger partial charge in [-0.1, -0.05) is 12.1 Å². The largest absolute Gasteiger partial charge is 0.480 e. The molecule has 0 saturated carbocycles. The third kappa shape index (κ3) is 4.13. The number of imide groups is 1. The molecule has 3 atom stereocenters. The van der Waals surface area contributed by atoms with Crippen LogP contribution in [0.25, 0.3) is 0 Å². The summed E-state index contributed by atoms with van der Waals surface area (Å²) in [6, 6.07) is 3.98. The number of carboxylic acids is 1. The molecule has 164 valence electrons. The lowest BCUT2D eigenvalue weighted by Gasteiger charge is -2.49. The summed E-state index contributed by atoms with van der Waals surface area (Å²) in [5.74, 6) is -3.79.